The molecule has 1 saturated heterocycles. The average Bonchev–Trinajstić information content (AvgIpc) is 2.76. The highest BCUT2D eigenvalue weighted by atomic mass is 19.1. The summed E-state index contributed by atoms with van der Waals surface area (Å²) in [4.78, 5) is 36.6. The van der Waals surface area contributed by atoms with Gasteiger partial charge in [0.1, 0.15) is 17.6 Å². The molecule has 1 N–H and O–H groups in total. The number of amides is 3. The molecule has 1 aromatic rings. The Balaban J connectivity index is 1.92. The van der Waals surface area contributed by atoms with Crippen molar-refractivity contribution in [1.29, 1.82) is 0 Å². The summed E-state index contributed by atoms with van der Waals surface area (Å²) in [5.74, 6) is -1.74. The van der Waals surface area contributed by atoms with Crippen LogP contribution in [0.4, 0.5) is 4.39 Å². The first-order chi connectivity index (χ1) is 10.0. The number of hydrogen-bond acceptors (Lipinski definition) is 4. The van der Waals surface area contributed by atoms with Gasteiger partial charge in [0.2, 0.25) is 11.8 Å². The van der Waals surface area contributed by atoms with Crippen molar-refractivity contribution in [1.82, 2.24) is 10.2 Å². The van der Waals surface area contributed by atoms with Gasteiger partial charge in [-0.25, -0.2) is 4.39 Å². The van der Waals surface area contributed by atoms with Crippen LogP contribution >= 0.6 is 0 Å². The summed E-state index contributed by atoms with van der Waals surface area (Å²) in [6.07, 6.45) is 0.422. The number of halogens is 1. The van der Waals surface area contributed by atoms with E-state index in [0.29, 0.717) is 11.3 Å². The van der Waals surface area contributed by atoms with Gasteiger partial charge in [-0.2, -0.15) is 0 Å². The lowest BCUT2D eigenvalue weighted by Gasteiger charge is -2.29. The number of nitrogens with zero attached hydrogens (tertiary/aromatic N) is 1. The third kappa shape index (κ3) is 2.14. The number of nitrogens with one attached hydrogen (secondary N) is 1. The van der Waals surface area contributed by atoms with Gasteiger partial charge in [-0.3, -0.25) is 19.7 Å². The van der Waals surface area contributed by atoms with Crippen LogP contribution in [0.15, 0.2) is 12.1 Å². The molecule has 2 aliphatic rings. The molecular weight excluding hydrogens is 279 g/mol. The Labute approximate surface area is 119 Å². The second kappa shape index (κ2) is 4.83. The fraction of sp³-hybridized carbons (Fsp3) is 0.357. The fourth-order valence-corrected chi connectivity index (χ4v) is 2.75. The molecule has 0 saturated carbocycles. The van der Waals surface area contributed by atoms with Crippen molar-refractivity contribution in [2.45, 2.75) is 25.4 Å². The molecule has 1 fully saturated rings. The van der Waals surface area contributed by atoms with E-state index in [-0.39, 0.29) is 30.9 Å². The first-order valence-corrected chi connectivity index (χ1v) is 6.52. The van der Waals surface area contributed by atoms with Crippen molar-refractivity contribution in [2.75, 3.05) is 7.11 Å². The van der Waals surface area contributed by atoms with Gasteiger partial charge < -0.3 is 9.64 Å². The normalized spacial score (nSPS) is 21.3. The maximum Gasteiger partial charge on any atom is 0.258 e. The number of methoxy groups -OCH3 is 1. The number of fused-ring (bicyclic) bond motifs is 1. The molecule has 110 valence electrons. The number of carbonyl (C=O) groups is 3. The maximum atomic E-state index is 14.0. The van der Waals surface area contributed by atoms with Crippen molar-refractivity contribution in [3.63, 3.8) is 0 Å². The highest BCUT2D eigenvalue weighted by molar-refractivity contribution is 6.05. The van der Waals surface area contributed by atoms with Crippen molar-refractivity contribution in [3.8, 4) is 5.75 Å². The molecule has 1 unspecified atom stereocenters. The summed E-state index contributed by atoms with van der Waals surface area (Å²) in [7, 11) is 1.41. The molecule has 7 heteroatoms. The van der Waals surface area contributed by atoms with E-state index in [1.807, 2.05) is 0 Å². The van der Waals surface area contributed by atoms with Crippen LogP contribution in [0.5, 0.6) is 5.75 Å². The molecule has 0 spiro atoms. The number of rotatable bonds is 2. The van der Waals surface area contributed by atoms with Gasteiger partial charge in [-0.05, 0) is 18.1 Å². The minimum Gasteiger partial charge on any atom is -0.497 e. The number of carbonyl (C=O) groups excluding carboxylic acids is 3. The van der Waals surface area contributed by atoms with Crippen LogP contribution in [0.1, 0.15) is 28.8 Å². The molecule has 2 heterocycles. The highest BCUT2D eigenvalue weighted by Gasteiger charge is 2.40. The Morgan fingerprint density at radius 3 is 2.76 bits per heavy atom. The van der Waals surface area contributed by atoms with Crippen LogP contribution < -0.4 is 10.1 Å². The summed E-state index contributed by atoms with van der Waals surface area (Å²) in [6, 6.07) is 1.99. The highest BCUT2D eigenvalue weighted by Crippen LogP contribution is 2.32. The minimum atomic E-state index is -0.743. The third-order valence-electron chi connectivity index (χ3n) is 3.78. The number of benzene rings is 1. The van der Waals surface area contributed by atoms with Crippen molar-refractivity contribution < 1.29 is 23.5 Å². The lowest BCUT2D eigenvalue weighted by molar-refractivity contribution is -0.136. The molecule has 3 amide bonds. The first-order valence-electron chi connectivity index (χ1n) is 6.52. The summed E-state index contributed by atoms with van der Waals surface area (Å²) in [5, 5.41) is 2.20. The van der Waals surface area contributed by atoms with Crippen LogP contribution in [0.25, 0.3) is 0 Å². The molecule has 21 heavy (non-hydrogen) atoms. The van der Waals surface area contributed by atoms with Crippen LogP contribution in [0, 0.1) is 5.82 Å². The molecule has 0 aromatic heterocycles. The number of hydrogen-bond donors (Lipinski definition) is 1. The van der Waals surface area contributed by atoms with Crippen LogP contribution in [0.3, 0.4) is 0 Å². The van der Waals surface area contributed by atoms with E-state index < -0.39 is 23.7 Å². The Hall–Kier alpha value is -2.44. The Morgan fingerprint density at radius 2 is 2.10 bits per heavy atom. The molecule has 1 aromatic carbocycles. The van der Waals surface area contributed by atoms with E-state index in [2.05, 4.69) is 5.32 Å². The number of piperidine rings is 1. The van der Waals surface area contributed by atoms with Crippen LogP contribution in [-0.2, 0) is 16.1 Å². The van der Waals surface area contributed by atoms with Crippen molar-refractivity contribution in [3.05, 3.63) is 29.1 Å². The van der Waals surface area contributed by atoms with E-state index in [0.717, 1.165) is 6.07 Å². The number of imide groups is 1. The van der Waals surface area contributed by atoms with Crippen LogP contribution in [-0.4, -0.2) is 35.8 Å². The Morgan fingerprint density at radius 1 is 1.33 bits per heavy atom. The molecule has 2 aliphatic heterocycles. The van der Waals surface area contributed by atoms with Gasteiger partial charge in [-0.15, -0.1) is 0 Å². The molecule has 0 bridgehead atoms. The van der Waals surface area contributed by atoms with E-state index in [4.69, 9.17) is 4.74 Å². The second-order valence-corrected chi connectivity index (χ2v) is 5.04. The van der Waals surface area contributed by atoms with E-state index in [9.17, 15) is 18.8 Å². The van der Waals surface area contributed by atoms with Gasteiger partial charge in [0.05, 0.1) is 12.7 Å². The largest absolute Gasteiger partial charge is 0.497 e. The van der Waals surface area contributed by atoms with E-state index in [1.54, 1.807) is 6.07 Å². The zero-order valence-corrected chi connectivity index (χ0v) is 11.3. The van der Waals surface area contributed by atoms with Crippen molar-refractivity contribution in [2.24, 2.45) is 0 Å². The quantitative estimate of drug-likeness (QED) is 0.810. The van der Waals surface area contributed by atoms with Gasteiger partial charge >= 0.3 is 0 Å². The molecular formula is C14H13FN2O4. The summed E-state index contributed by atoms with van der Waals surface area (Å²) in [5.41, 5.74) is 0.460. The summed E-state index contributed by atoms with van der Waals surface area (Å²) < 4.78 is 19.0. The molecule has 1 atom stereocenters. The molecule has 0 aliphatic carbocycles. The molecule has 6 nitrogen and oxygen atoms in total. The average molecular weight is 292 g/mol. The first kappa shape index (κ1) is 13.5. The maximum absolute atomic E-state index is 14.0. The predicted octanol–water partition coefficient (Wildman–Crippen LogP) is 0.595. The summed E-state index contributed by atoms with van der Waals surface area (Å²) in [6.45, 7) is 0.133. The minimum absolute atomic E-state index is 0.0273. The smallest absolute Gasteiger partial charge is 0.258 e. The van der Waals surface area contributed by atoms with E-state index >= 15 is 0 Å². The lowest BCUT2D eigenvalue weighted by atomic mass is 10.0. The zero-order chi connectivity index (χ0) is 15.1. The van der Waals surface area contributed by atoms with Gasteiger partial charge in [0.25, 0.3) is 5.91 Å². The SMILES string of the molecule is COc1cc(F)c2c(c1)CN(C1CCC(=O)NC1=O)C2=O. The van der Waals surface area contributed by atoms with Gasteiger partial charge in [0.15, 0.2) is 0 Å². The molecule has 3 rings (SSSR count). The van der Waals surface area contributed by atoms with Crippen molar-refractivity contribution >= 4 is 17.7 Å². The zero-order valence-electron chi connectivity index (χ0n) is 11.3. The summed E-state index contributed by atoms with van der Waals surface area (Å²) >= 11 is 0. The Kier molecular flexibility index (Phi) is 3.12. The van der Waals surface area contributed by atoms with Crippen LogP contribution in [0.2, 0.25) is 0 Å². The monoisotopic (exact) mass is 292 g/mol. The lowest BCUT2D eigenvalue weighted by Crippen LogP contribution is -2.52. The standard InChI is InChI=1S/C14H13FN2O4/c1-21-8-4-7-6-17(14(20)12(7)9(15)5-8)10-2-3-11(18)16-13(10)19/h4-5,10H,2-3,6H2,1H3,(H,16,18,19). The predicted molar refractivity (Wildman–Crippen MR) is 69.0 cm³/mol. The topological polar surface area (TPSA) is 75.7 Å². The number of ether oxygens (including phenoxy) is 1. The van der Waals surface area contributed by atoms with Gasteiger partial charge in [0, 0.05) is 19.0 Å². The third-order valence-corrected chi connectivity index (χ3v) is 3.78. The van der Waals surface area contributed by atoms with E-state index in [1.165, 1.54) is 12.0 Å². The fourth-order valence-electron chi connectivity index (χ4n) is 2.75. The molecule has 0 radical (unpaired) electrons. The van der Waals surface area contributed by atoms with Gasteiger partial charge in [-0.1, -0.05) is 0 Å². The Bertz CT molecular complexity index is 659. The second-order valence-electron chi connectivity index (χ2n) is 5.04.